The molecule has 0 saturated carbocycles. The highest BCUT2D eigenvalue weighted by Gasteiger charge is 2.17. The first-order chi connectivity index (χ1) is 8.04. The monoisotopic (exact) mass is 255 g/mol. The molecule has 0 unspecified atom stereocenters. The first-order valence-electron chi connectivity index (χ1n) is 5.60. The van der Waals surface area contributed by atoms with Crippen LogP contribution in [0.2, 0.25) is 0 Å². The second-order valence-electron chi connectivity index (χ2n) is 3.87. The van der Waals surface area contributed by atoms with Gasteiger partial charge in [0, 0.05) is 17.9 Å². The molecule has 0 aliphatic carbocycles. The second kappa shape index (κ2) is 6.44. The average molecular weight is 255 g/mol. The van der Waals surface area contributed by atoms with E-state index in [2.05, 4.69) is 17.2 Å². The van der Waals surface area contributed by atoms with Gasteiger partial charge in [0.2, 0.25) is 0 Å². The minimum absolute atomic E-state index is 0.0748. The minimum atomic E-state index is -0.388. The molecule has 0 spiro atoms. The van der Waals surface area contributed by atoms with Crippen molar-refractivity contribution < 1.29 is 4.92 Å². The Morgan fingerprint density at radius 2 is 2.24 bits per heavy atom. The summed E-state index contributed by atoms with van der Waals surface area (Å²) in [6.45, 7) is 6.85. The van der Waals surface area contributed by atoms with Gasteiger partial charge in [0.25, 0.3) is 0 Å². The largest absolute Gasteiger partial charge is 0.370 e. The number of nitro groups is 1. The van der Waals surface area contributed by atoms with Crippen LogP contribution in [0.15, 0.2) is 17.2 Å². The summed E-state index contributed by atoms with van der Waals surface area (Å²) >= 11 is 1.41. The summed E-state index contributed by atoms with van der Waals surface area (Å²) in [6.07, 6.45) is 0.991. The minimum Gasteiger partial charge on any atom is -0.370 e. The van der Waals surface area contributed by atoms with E-state index in [0.717, 1.165) is 13.0 Å². The molecule has 5 nitrogen and oxygen atoms in total. The van der Waals surface area contributed by atoms with E-state index in [9.17, 15) is 10.1 Å². The highest BCUT2D eigenvalue weighted by Crippen LogP contribution is 2.31. The molecule has 1 N–H and O–H groups in total. The number of rotatable bonds is 6. The molecule has 0 saturated heterocycles. The van der Waals surface area contributed by atoms with Gasteiger partial charge in [0.1, 0.15) is 5.82 Å². The van der Waals surface area contributed by atoms with Crippen molar-refractivity contribution in [3.05, 3.63) is 22.2 Å². The molecule has 1 rings (SSSR count). The van der Waals surface area contributed by atoms with Gasteiger partial charge >= 0.3 is 5.69 Å². The van der Waals surface area contributed by atoms with Gasteiger partial charge in [-0.05, 0) is 12.5 Å². The number of thioether (sulfide) groups is 1. The van der Waals surface area contributed by atoms with Crippen molar-refractivity contribution in [2.24, 2.45) is 0 Å². The molecule has 1 aromatic heterocycles. The van der Waals surface area contributed by atoms with Gasteiger partial charge in [-0.25, -0.2) is 4.98 Å². The van der Waals surface area contributed by atoms with E-state index in [1.807, 2.05) is 13.8 Å². The van der Waals surface area contributed by atoms with Gasteiger partial charge in [0.15, 0.2) is 5.03 Å². The zero-order valence-electron chi connectivity index (χ0n) is 10.3. The van der Waals surface area contributed by atoms with E-state index in [4.69, 9.17) is 0 Å². The Morgan fingerprint density at radius 3 is 2.76 bits per heavy atom. The number of nitrogens with one attached hydrogen (secondary N) is 1. The quantitative estimate of drug-likeness (QED) is 0.480. The molecule has 94 valence electrons. The van der Waals surface area contributed by atoms with Crippen LogP contribution in [-0.2, 0) is 0 Å². The number of nitrogens with zero attached hydrogens (tertiary/aromatic N) is 2. The Labute approximate surface area is 105 Å². The van der Waals surface area contributed by atoms with Gasteiger partial charge in [0.05, 0.1) is 4.92 Å². The van der Waals surface area contributed by atoms with Crippen LogP contribution in [0.1, 0.15) is 27.2 Å². The zero-order valence-corrected chi connectivity index (χ0v) is 11.1. The van der Waals surface area contributed by atoms with Crippen LogP contribution in [0.5, 0.6) is 0 Å². The molecule has 0 aliphatic rings. The highest BCUT2D eigenvalue weighted by atomic mass is 32.2. The molecule has 0 aromatic carbocycles. The second-order valence-corrected chi connectivity index (χ2v) is 5.44. The van der Waals surface area contributed by atoms with Crippen molar-refractivity contribution in [3.8, 4) is 0 Å². The number of pyridine rings is 1. The third-order valence-electron chi connectivity index (χ3n) is 1.94. The zero-order chi connectivity index (χ0) is 12.8. The van der Waals surface area contributed by atoms with Crippen LogP contribution in [0, 0.1) is 10.1 Å². The molecular weight excluding hydrogens is 238 g/mol. The predicted molar refractivity (Wildman–Crippen MR) is 70.7 cm³/mol. The molecule has 1 heterocycles. The lowest BCUT2D eigenvalue weighted by atomic mass is 10.4. The van der Waals surface area contributed by atoms with Crippen molar-refractivity contribution in [2.75, 3.05) is 11.9 Å². The van der Waals surface area contributed by atoms with Crippen LogP contribution in [-0.4, -0.2) is 21.7 Å². The molecular formula is C11H17N3O2S. The average Bonchev–Trinajstić information content (AvgIpc) is 2.25. The summed E-state index contributed by atoms with van der Waals surface area (Å²) in [5.41, 5.74) is 0.0748. The van der Waals surface area contributed by atoms with Crippen LogP contribution < -0.4 is 5.32 Å². The maximum absolute atomic E-state index is 10.9. The third kappa shape index (κ3) is 4.22. The molecule has 6 heteroatoms. The fraction of sp³-hybridized carbons (Fsp3) is 0.545. The summed E-state index contributed by atoms with van der Waals surface area (Å²) in [5.74, 6) is 0.695. The smallest absolute Gasteiger partial charge is 0.301 e. The van der Waals surface area contributed by atoms with Crippen LogP contribution in [0.4, 0.5) is 11.5 Å². The van der Waals surface area contributed by atoms with Crippen molar-refractivity contribution in [1.29, 1.82) is 0 Å². The van der Waals surface area contributed by atoms with Crippen LogP contribution >= 0.6 is 11.8 Å². The maximum Gasteiger partial charge on any atom is 0.301 e. The molecule has 0 fully saturated rings. The third-order valence-corrected chi connectivity index (χ3v) is 2.94. The summed E-state index contributed by atoms with van der Waals surface area (Å²) in [7, 11) is 0. The fourth-order valence-corrected chi connectivity index (χ4v) is 2.09. The number of aromatic nitrogens is 1. The lowest BCUT2D eigenvalue weighted by molar-refractivity contribution is -0.388. The first kappa shape index (κ1) is 13.8. The van der Waals surface area contributed by atoms with Crippen LogP contribution in [0.3, 0.4) is 0 Å². The Morgan fingerprint density at radius 1 is 1.53 bits per heavy atom. The van der Waals surface area contributed by atoms with Gasteiger partial charge in [-0.15, -0.1) is 0 Å². The van der Waals surface area contributed by atoms with Crippen molar-refractivity contribution in [2.45, 2.75) is 37.5 Å². The normalized spacial score (nSPS) is 10.6. The molecule has 0 amide bonds. The fourth-order valence-electron chi connectivity index (χ4n) is 1.23. The van der Waals surface area contributed by atoms with E-state index in [0.29, 0.717) is 10.8 Å². The van der Waals surface area contributed by atoms with E-state index >= 15 is 0 Å². The Balaban J connectivity index is 2.97. The highest BCUT2D eigenvalue weighted by molar-refractivity contribution is 7.99. The van der Waals surface area contributed by atoms with Gasteiger partial charge in [-0.3, -0.25) is 10.1 Å². The summed E-state index contributed by atoms with van der Waals surface area (Å²) in [4.78, 5) is 14.8. The maximum atomic E-state index is 10.9. The first-order valence-corrected chi connectivity index (χ1v) is 6.48. The molecule has 1 aromatic rings. The van der Waals surface area contributed by atoms with Gasteiger partial charge in [-0.1, -0.05) is 32.5 Å². The Bertz CT molecular complexity index is 396. The lowest BCUT2D eigenvalue weighted by Gasteiger charge is -2.08. The van der Waals surface area contributed by atoms with Gasteiger partial charge < -0.3 is 5.32 Å². The number of hydrogen-bond acceptors (Lipinski definition) is 5. The molecule has 0 aliphatic heterocycles. The van der Waals surface area contributed by atoms with E-state index in [-0.39, 0.29) is 15.9 Å². The summed E-state index contributed by atoms with van der Waals surface area (Å²) in [6, 6.07) is 3.16. The van der Waals surface area contributed by atoms with Crippen molar-refractivity contribution in [1.82, 2.24) is 4.98 Å². The van der Waals surface area contributed by atoms with Crippen molar-refractivity contribution in [3.63, 3.8) is 0 Å². The topological polar surface area (TPSA) is 68.1 Å². The van der Waals surface area contributed by atoms with Crippen LogP contribution in [0.25, 0.3) is 0 Å². The molecule has 0 bridgehead atoms. The van der Waals surface area contributed by atoms with E-state index in [1.165, 1.54) is 17.8 Å². The predicted octanol–water partition coefficient (Wildman–Crippen LogP) is 3.31. The standard InChI is InChI=1S/C11H17N3O2S/c1-4-7-12-10-6-5-9(14(15)16)11(13-10)17-8(2)3/h5-6,8H,4,7H2,1-3H3,(H,12,13). The molecule has 0 radical (unpaired) electrons. The van der Waals surface area contributed by atoms with Crippen molar-refractivity contribution >= 4 is 23.3 Å². The molecule has 0 atom stereocenters. The lowest BCUT2D eigenvalue weighted by Crippen LogP contribution is -2.04. The number of hydrogen-bond donors (Lipinski definition) is 1. The molecule has 17 heavy (non-hydrogen) atoms. The van der Waals surface area contributed by atoms with E-state index in [1.54, 1.807) is 6.07 Å². The SMILES string of the molecule is CCCNc1ccc([N+](=O)[O-])c(SC(C)C)n1. The Hall–Kier alpha value is -1.30. The van der Waals surface area contributed by atoms with Gasteiger partial charge in [-0.2, -0.15) is 0 Å². The summed E-state index contributed by atoms with van der Waals surface area (Å²) < 4.78 is 0. The summed E-state index contributed by atoms with van der Waals surface area (Å²) in [5, 5.41) is 14.7. The Kier molecular flexibility index (Phi) is 5.21. The van der Waals surface area contributed by atoms with E-state index < -0.39 is 0 Å². The number of anilines is 1.